The Morgan fingerprint density at radius 1 is 0.812 bits per heavy atom. The highest BCUT2D eigenvalue weighted by Gasteiger charge is 2.23. The number of halogens is 1. The van der Waals surface area contributed by atoms with Gasteiger partial charge in [-0.2, -0.15) is 0 Å². The molecule has 2 aromatic carbocycles. The average Bonchev–Trinajstić information content (AvgIpc) is 2.98. The number of rotatable bonds is 3. The lowest BCUT2D eigenvalue weighted by Crippen LogP contribution is -2.44. The maximum atomic E-state index is 13.5. The summed E-state index contributed by atoms with van der Waals surface area (Å²) in [6.07, 6.45) is 1.02. The summed E-state index contributed by atoms with van der Waals surface area (Å²) >= 11 is 0. The van der Waals surface area contributed by atoms with Gasteiger partial charge in [0.1, 0.15) is 5.82 Å². The Morgan fingerprint density at radius 2 is 1.59 bits per heavy atom. The second kappa shape index (κ2) is 8.96. The van der Waals surface area contributed by atoms with E-state index in [0.717, 1.165) is 62.8 Å². The summed E-state index contributed by atoms with van der Waals surface area (Å²) in [6, 6.07) is 17.8. The van der Waals surface area contributed by atoms with Crippen molar-refractivity contribution in [2.45, 2.75) is 18.9 Å². The standard InChI is InChI=1S/C26H30FN5/c1-30-13-15-32(16-14-30)26-10-9-25(28-29-26)20-5-8-23-21(17-20)18-31(2)12-11-24(23)19-3-6-22(27)7-4-19/h3-10,17,24H,11-16,18H2,1-2H3. The summed E-state index contributed by atoms with van der Waals surface area (Å²) in [5.41, 5.74) is 5.80. The van der Waals surface area contributed by atoms with Crippen molar-refractivity contribution in [3.8, 4) is 11.3 Å². The van der Waals surface area contributed by atoms with Crippen LogP contribution >= 0.6 is 0 Å². The van der Waals surface area contributed by atoms with Gasteiger partial charge in [-0.3, -0.25) is 0 Å². The van der Waals surface area contributed by atoms with Gasteiger partial charge in [0.15, 0.2) is 5.82 Å². The normalized spacial score (nSPS) is 20.1. The molecule has 1 saturated heterocycles. The minimum Gasteiger partial charge on any atom is -0.353 e. The van der Waals surface area contributed by atoms with Gasteiger partial charge < -0.3 is 14.7 Å². The molecule has 5 nitrogen and oxygen atoms in total. The van der Waals surface area contributed by atoms with Gasteiger partial charge in [-0.05, 0) is 74.1 Å². The number of aromatic nitrogens is 2. The molecule has 0 bridgehead atoms. The zero-order chi connectivity index (χ0) is 22.1. The highest BCUT2D eigenvalue weighted by Crippen LogP contribution is 2.35. The maximum absolute atomic E-state index is 13.5. The number of hydrogen-bond acceptors (Lipinski definition) is 5. The largest absolute Gasteiger partial charge is 0.353 e. The summed E-state index contributed by atoms with van der Waals surface area (Å²) in [5.74, 6) is 1.04. The maximum Gasteiger partial charge on any atom is 0.151 e. The van der Waals surface area contributed by atoms with Crippen molar-refractivity contribution in [3.05, 3.63) is 77.1 Å². The molecule has 32 heavy (non-hydrogen) atoms. The van der Waals surface area contributed by atoms with E-state index in [1.54, 1.807) is 12.1 Å². The number of fused-ring (bicyclic) bond motifs is 1. The summed E-state index contributed by atoms with van der Waals surface area (Å²) in [5, 5.41) is 9.09. The number of benzene rings is 2. The Morgan fingerprint density at radius 3 is 2.31 bits per heavy atom. The van der Waals surface area contributed by atoms with Gasteiger partial charge in [-0.1, -0.05) is 24.3 Å². The predicted molar refractivity (Wildman–Crippen MR) is 126 cm³/mol. The molecule has 3 aromatic rings. The van der Waals surface area contributed by atoms with Gasteiger partial charge in [0.25, 0.3) is 0 Å². The van der Waals surface area contributed by atoms with Crippen molar-refractivity contribution in [3.63, 3.8) is 0 Å². The Kier molecular flexibility index (Phi) is 5.89. The molecule has 2 aliphatic rings. The molecule has 0 spiro atoms. The molecule has 5 rings (SSSR count). The summed E-state index contributed by atoms with van der Waals surface area (Å²) in [7, 11) is 4.32. The molecule has 0 saturated carbocycles. The van der Waals surface area contributed by atoms with E-state index >= 15 is 0 Å². The van der Waals surface area contributed by atoms with E-state index in [1.807, 2.05) is 12.1 Å². The first-order valence-corrected chi connectivity index (χ1v) is 11.4. The van der Waals surface area contributed by atoms with Crippen LogP contribution in [0.1, 0.15) is 29.0 Å². The van der Waals surface area contributed by atoms with Crippen LogP contribution < -0.4 is 4.90 Å². The number of piperazine rings is 1. The quantitative estimate of drug-likeness (QED) is 0.626. The van der Waals surface area contributed by atoms with E-state index in [4.69, 9.17) is 0 Å². The zero-order valence-electron chi connectivity index (χ0n) is 18.8. The Hall–Kier alpha value is -2.83. The molecule has 1 fully saturated rings. The zero-order valence-corrected chi connectivity index (χ0v) is 18.8. The van der Waals surface area contributed by atoms with Gasteiger partial charge in [-0.25, -0.2) is 4.39 Å². The van der Waals surface area contributed by atoms with Crippen LogP contribution in [0, 0.1) is 5.82 Å². The van der Waals surface area contributed by atoms with Gasteiger partial charge in [0.2, 0.25) is 0 Å². The minimum atomic E-state index is -0.186. The Bertz CT molecular complexity index is 1060. The smallest absolute Gasteiger partial charge is 0.151 e. The number of likely N-dealkylation sites (N-methyl/N-ethyl adjacent to an activating group) is 1. The fraction of sp³-hybridized carbons (Fsp3) is 0.385. The first kappa shape index (κ1) is 21.0. The molecule has 1 unspecified atom stereocenters. The van der Waals surface area contributed by atoms with Crippen LogP contribution in [-0.4, -0.2) is 66.8 Å². The third-order valence-corrected chi connectivity index (χ3v) is 6.80. The lowest BCUT2D eigenvalue weighted by Gasteiger charge is -2.32. The lowest BCUT2D eigenvalue weighted by atomic mass is 9.86. The molecular formula is C26H30FN5. The third-order valence-electron chi connectivity index (χ3n) is 6.80. The molecule has 3 heterocycles. The highest BCUT2D eigenvalue weighted by atomic mass is 19.1. The van der Waals surface area contributed by atoms with Crippen molar-refractivity contribution in [2.75, 3.05) is 51.7 Å². The molecule has 0 radical (unpaired) electrons. The fourth-order valence-electron chi connectivity index (χ4n) is 4.84. The van der Waals surface area contributed by atoms with Crippen molar-refractivity contribution >= 4 is 5.82 Å². The summed E-state index contributed by atoms with van der Waals surface area (Å²) in [4.78, 5) is 6.99. The van der Waals surface area contributed by atoms with E-state index in [2.05, 4.69) is 69.3 Å². The molecule has 0 N–H and O–H groups in total. The minimum absolute atomic E-state index is 0.186. The SMILES string of the molecule is CN1CCN(c2ccc(-c3ccc4c(c3)CN(C)CCC4c3ccc(F)cc3)nn2)CC1. The lowest BCUT2D eigenvalue weighted by molar-refractivity contribution is 0.312. The Balaban J connectivity index is 1.42. The molecular weight excluding hydrogens is 401 g/mol. The van der Waals surface area contributed by atoms with Crippen molar-refractivity contribution in [1.82, 2.24) is 20.0 Å². The van der Waals surface area contributed by atoms with E-state index in [1.165, 1.54) is 16.7 Å². The van der Waals surface area contributed by atoms with Crippen LogP contribution in [0.4, 0.5) is 10.2 Å². The predicted octanol–water partition coefficient (Wildman–Crippen LogP) is 4.00. The van der Waals surface area contributed by atoms with Crippen LogP contribution in [0.2, 0.25) is 0 Å². The van der Waals surface area contributed by atoms with E-state index < -0.39 is 0 Å². The first-order chi connectivity index (χ1) is 15.6. The van der Waals surface area contributed by atoms with Gasteiger partial charge in [-0.15, -0.1) is 10.2 Å². The van der Waals surface area contributed by atoms with E-state index in [9.17, 15) is 4.39 Å². The van der Waals surface area contributed by atoms with Crippen LogP contribution in [0.5, 0.6) is 0 Å². The summed E-state index contributed by atoms with van der Waals surface area (Å²) in [6.45, 7) is 5.98. The van der Waals surface area contributed by atoms with Crippen molar-refractivity contribution < 1.29 is 4.39 Å². The molecule has 0 aliphatic carbocycles. The molecule has 166 valence electrons. The number of nitrogens with zero attached hydrogens (tertiary/aromatic N) is 5. The van der Waals surface area contributed by atoms with Crippen molar-refractivity contribution in [1.29, 1.82) is 0 Å². The van der Waals surface area contributed by atoms with Gasteiger partial charge >= 0.3 is 0 Å². The monoisotopic (exact) mass is 431 g/mol. The van der Waals surface area contributed by atoms with Crippen LogP contribution in [-0.2, 0) is 6.54 Å². The average molecular weight is 432 g/mol. The topological polar surface area (TPSA) is 35.5 Å². The van der Waals surface area contributed by atoms with E-state index in [0.29, 0.717) is 0 Å². The molecule has 2 aliphatic heterocycles. The summed E-state index contributed by atoms with van der Waals surface area (Å²) < 4.78 is 13.5. The van der Waals surface area contributed by atoms with Gasteiger partial charge in [0.05, 0.1) is 5.69 Å². The molecule has 0 amide bonds. The van der Waals surface area contributed by atoms with Crippen LogP contribution in [0.3, 0.4) is 0 Å². The third kappa shape index (κ3) is 4.38. The second-order valence-electron chi connectivity index (χ2n) is 9.11. The van der Waals surface area contributed by atoms with Crippen molar-refractivity contribution in [2.24, 2.45) is 0 Å². The number of hydrogen-bond donors (Lipinski definition) is 0. The Labute approximate surface area is 189 Å². The molecule has 1 aromatic heterocycles. The molecule has 1 atom stereocenters. The number of anilines is 1. The van der Waals surface area contributed by atoms with Crippen LogP contribution in [0.25, 0.3) is 11.3 Å². The van der Waals surface area contributed by atoms with E-state index in [-0.39, 0.29) is 11.7 Å². The van der Waals surface area contributed by atoms with Crippen LogP contribution in [0.15, 0.2) is 54.6 Å². The molecule has 6 heteroatoms. The van der Waals surface area contributed by atoms with Gasteiger partial charge in [0, 0.05) is 44.2 Å². The highest BCUT2D eigenvalue weighted by molar-refractivity contribution is 5.62. The second-order valence-corrected chi connectivity index (χ2v) is 9.11. The first-order valence-electron chi connectivity index (χ1n) is 11.4. The fourth-order valence-corrected chi connectivity index (χ4v) is 4.84.